The first-order valence-electron chi connectivity index (χ1n) is 9.65. The maximum atomic E-state index is 12.8. The molecule has 3 rings (SSSR count). The van der Waals surface area contributed by atoms with Gasteiger partial charge < -0.3 is 25.3 Å². The highest BCUT2D eigenvalue weighted by Crippen LogP contribution is 2.23. The number of nitrogens with zero attached hydrogens (tertiary/aromatic N) is 1. The monoisotopic (exact) mass is 420 g/mol. The highest BCUT2D eigenvalue weighted by molar-refractivity contribution is 5.99. The third-order valence-corrected chi connectivity index (χ3v) is 4.63. The quantitative estimate of drug-likeness (QED) is 0.565. The van der Waals surface area contributed by atoms with Crippen LogP contribution in [0.4, 0.5) is 21.9 Å². The summed E-state index contributed by atoms with van der Waals surface area (Å²) in [6, 6.07) is 16.9. The summed E-state index contributed by atoms with van der Waals surface area (Å²) in [5.74, 6) is 0.124. The van der Waals surface area contributed by atoms with Crippen molar-refractivity contribution in [1.82, 2.24) is 4.57 Å². The summed E-state index contributed by atoms with van der Waals surface area (Å²) in [4.78, 5) is 37.7. The number of hydrogen-bond acceptors (Lipinski definition) is 4. The number of carbonyl (C=O) groups is 2. The van der Waals surface area contributed by atoms with Gasteiger partial charge in [0.15, 0.2) is 0 Å². The summed E-state index contributed by atoms with van der Waals surface area (Å²) in [6.07, 6.45) is 0. The Bertz CT molecular complexity index is 1150. The highest BCUT2D eigenvalue weighted by Gasteiger charge is 2.14. The van der Waals surface area contributed by atoms with Crippen molar-refractivity contribution in [3.05, 3.63) is 82.3 Å². The Hall–Kier alpha value is -4.07. The van der Waals surface area contributed by atoms with Gasteiger partial charge in [-0.25, -0.2) is 4.79 Å². The Kier molecular flexibility index (Phi) is 6.71. The molecule has 8 heteroatoms. The van der Waals surface area contributed by atoms with Gasteiger partial charge in [-0.3, -0.25) is 9.59 Å². The van der Waals surface area contributed by atoms with Crippen molar-refractivity contribution in [2.45, 2.75) is 20.4 Å². The summed E-state index contributed by atoms with van der Waals surface area (Å²) in [5.41, 5.74) is 2.36. The Morgan fingerprint density at radius 3 is 2.29 bits per heavy atom. The highest BCUT2D eigenvalue weighted by atomic mass is 16.5. The van der Waals surface area contributed by atoms with E-state index < -0.39 is 17.5 Å². The fraction of sp³-hybridized carbons (Fsp3) is 0.174. The largest absolute Gasteiger partial charge is 0.495 e. The molecule has 0 bridgehead atoms. The lowest BCUT2D eigenvalue weighted by Gasteiger charge is -2.14. The van der Waals surface area contributed by atoms with Gasteiger partial charge in [0.1, 0.15) is 18.0 Å². The number of para-hydroxylation sites is 2. The Balaban J connectivity index is 1.72. The fourth-order valence-electron chi connectivity index (χ4n) is 2.97. The topological polar surface area (TPSA) is 101 Å². The second-order valence-electron chi connectivity index (χ2n) is 6.97. The van der Waals surface area contributed by atoms with Gasteiger partial charge >= 0.3 is 6.03 Å². The molecule has 3 amide bonds. The first-order chi connectivity index (χ1) is 14.9. The van der Waals surface area contributed by atoms with Crippen LogP contribution in [-0.2, 0) is 11.3 Å². The summed E-state index contributed by atoms with van der Waals surface area (Å²) < 4.78 is 6.52. The number of hydrogen-bond donors (Lipinski definition) is 3. The number of anilines is 3. The first kappa shape index (κ1) is 21.6. The second kappa shape index (κ2) is 9.62. The molecule has 0 aliphatic carbocycles. The van der Waals surface area contributed by atoms with Crippen molar-refractivity contribution in [3.8, 4) is 5.75 Å². The van der Waals surface area contributed by atoms with E-state index in [1.165, 1.54) is 17.7 Å². The molecule has 0 saturated carbocycles. The van der Waals surface area contributed by atoms with E-state index in [2.05, 4.69) is 16.0 Å². The van der Waals surface area contributed by atoms with Crippen molar-refractivity contribution in [3.63, 3.8) is 0 Å². The van der Waals surface area contributed by atoms with Gasteiger partial charge in [0, 0.05) is 11.4 Å². The maximum Gasteiger partial charge on any atom is 0.323 e. The summed E-state index contributed by atoms with van der Waals surface area (Å²) in [7, 11) is 1.51. The zero-order valence-electron chi connectivity index (χ0n) is 17.6. The summed E-state index contributed by atoms with van der Waals surface area (Å²) in [6.45, 7) is 3.45. The molecule has 3 N–H and O–H groups in total. The molecule has 8 nitrogen and oxygen atoms in total. The molecule has 31 heavy (non-hydrogen) atoms. The van der Waals surface area contributed by atoms with Crippen molar-refractivity contribution in [2.75, 3.05) is 23.1 Å². The van der Waals surface area contributed by atoms with Crippen LogP contribution in [-0.4, -0.2) is 23.6 Å². The molecule has 0 atom stereocenters. The lowest BCUT2D eigenvalue weighted by Crippen LogP contribution is -2.32. The number of nitrogens with one attached hydrogen (secondary N) is 3. The first-order valence-corrected chi connectivity index (χ1v) is 9.65. The number of rotatable bonds is 6. The van der Waals surface area contributed by atoms with E-state index in [4.69, 9.17) is 4.74 Å². The zero-order valence-corrected chi connectivity index (χ0v) is 17.6. The minimum Gasteiger partial charge on any atom is -0.495 e. The SMILES string of the molecule is COc1ccccc1NC(=O)Cn1c(C)ccc(NC(=O)Nc2ccc(C)cc2)c1=O. The third kappa shape index (κ3) is 5.51. The predicted octanol–water partition coefficient (Wildman–Crippen LogP) is 3.76. The average molecular weight is 420 g/mol. The van der Waals surface area contributed by atoms with Gasteiger partial charge in [-0.1, -0.05) is 29.8 Å². The van der Waals surface area contributed by atoms with E-state index in [9.17, 15) is 14.4 Å². The van der Waals surface area contributed by atoms with Crippen molar-refractivity contribution < 1.29 is 14.3 Å². The maximum absolute atomic E-state index is 12.8. The average Bonchev–Trinajstić information content (AvgIpc) is 2.75. The number of urea groups is 1. The molecule has 160 valence electrons. The van der Waals surface area contributed by atoms with Crippen LogP contribution in [0.1, 0.15) is 11.3 Å². The molecule has 0 fully saturated rings. The third-order valence-electron chi connectivity index (χ3n) is 4.63. The minimum atomic E-state index is -0.546. The minimum absolute atomic E-state index is 0.0697. The van der Waals surface area contributed by atoms with Crippen molar-refractivity contribution in [1.29, 1.82) is 0 Å². The molecular weight excluding hydrogens is 396 g/mol. The zero-order chi connectivity index (χ0) is 22.4. The Morgan fingerprint density at radius 1 is 0.871 bits per heavy atom. The van der Waals surface area contributed by atoms with Crippen LogP contribution in [0.2, 0.25) is 0 Å². The Morgan fingerprint density at radius 2 is 1.58 bits per heavy atom. The lowest BCUT2D eigenvalue weighted by atomic mass is 10.2. The summed E-state index contributed by atoms with van der Waals surface area (Å²) in [5, 5.41) is 7.96. The number of benzene rings is 2. The molecule has 0 saturated heterocycles. The molecule has 0 spiro atoms. The van der Waals surface area contributed by atoms with Crippen LogP contribution in [0.5, 0.6) is 5.75 Å². The number of aromatic nitrogens is 1. The normalized spacial score (nSPS) is 10.3. The number of amides is 3. The molecule has 0 radical (unpaired) electrons. The molecule has 0 unspecified atom stereocenters. The van der Waals surface area contributed by atoms with Crippen LogP contribution in [0.25, 0.3) is 0 Å². The molecule has 3 aromatic rings. The predicted molar refractivity (Wildman–Crippen MR) is 121 cm³/mol. The Labute approximate surface area is 179 Å². The van der Waals surface area contributed by atoms with E-state index >= 15 is 0 Å². The fourth-order valence-corrected chi connectivity index (χ4v) is 2.97. The van der Waals surface area contributed by atoms with Gasteiger partial charge in [-0.05, 0) is 50.2 Å². The van der Waals surface area contributed by atoms with Gasteiger partial charge in [0.05, 0.1) is 12.8 Å². The molecule has 2 aromatic carbocycles. The smallest absolute Gasteiger partial charge is 0.323 e. The van der Waals surface area contributed by atoms with Crippen LogP contribution in [0, 0.1) is 13.8 Å². The van der Waals surface area contributed by atoms with Crippen LogP contribution in [0.15, 0.2) is 65.5 Å². The lowest BCUT2D eigenvalue weighted by molar-refractivity contribution is -0.116. The number of pyridine rings is 1. The van der Waals surface area contributed by atoms with E-state index in [0.717, 1.165) is 5.56 Å². The number of aryl methyl sites for hydroxylation is 2. The van der Waals surface area contributed by atoms with Crippen LogP contribution >= 0.6 is 0 Å². The molecule has 0 aliphatic rings. The van der Waals surface area contributed by atoms with Gasteiger partial charge in [0.2, 0.25) is 5.91 Å². The van der Waals surface area contributed by atoms with Crippen molar-refractivity contribution in [2.24, 2.45) is 0 Å². The molecule has 1 aromatic heterocycles. The van der Waals surface area contributed by atoms with Crippen LogP contribution < -0.4 is 26.2 Å². The number of methoxy groups -OCH3 is 1. The van der Waals surface area contributed by atoms with Crippen LogP contribution in [0.3, 0.4) is 0 Å². The van der Waals surface area contributed by atoms with E-state index in [0.29, 0.717) is 22.8 Å². The van der Waals surface area contributed by atoms with Crippen molar-refractivity contribution >= 4 is 29.0 Å². The van der Waals surface area contributed by atoms with Gasteiger partial charge in [-0.2, -0.15) is 0 Å². The van der Waals surface area contributed by atoms with E-state index in [1.54, 1.807) is 49.4 Å². The molecule has 1 heterocycles. The number of ether oxygens (including phenoxy) is 1. The standard InChI is InChI=1S/C23H24N4O4/c1-15-8-11-17(12-9-15)24-23(30)26-19-13-10-16(2)27(22(19)29)14-21(28)25-18-6-4-5-7-20(18)31-3/h4-13H,14H2,1-3H3,(H,25,28)(H2,24,26,30). The second-order valence-corrected chi connectivity index (χ2v) is 6.97. The molecular formula is C23H24N4O4. The van der Waals surface area contributed by atoms with Gasteiger partial charge in [-0.15, -0.1) is 0 Å². The molecule has 0 aliphatic heterocycles. The summed E-state index contributed by atoms with van der Waals surface area (Å²) >= 11 is 0. The van der Waals surface area contributed by atoms with E-state index in [-0.39, 0.29) is 12.2 Å². The number of carbonyl (C=O) groups excluding carboxylic acids is 2. The van der Waals surface area contributed by atoms with E-state index in [1.807, 2.05) is 19.1 Å². The van der Waals surface area contributed by atoms with Gasteiger partial charge in [0.25, 0.3) is 5.56 Å².